The van der Waals surface area contributed by atoms with E-state index >= 15 is 0 Å². The molecule has 9 heteroatoms. The standard InChI is InChI=1S/C25H24N4O4S/c1-31-19-11-7-8-17(14-19)24-27-28-25(29(24)18-9-5-4-6-10-18)34-16-23(30)26-21-15-20(32-2)12-13-22(21)33-3/h4-15H,16H2,1-3H3,(H,26,30). The summed E-state index contributed by atoms with van der Waals surface area (Å²) in [5, 5.41) is 12.3. The van der Waals surface area contributed by atoms with Crippen molar-refractivity contribution in [2.75, 3.05) is 32.4 Å². The average molecular weight is 477 g/mol. The second-order valence-corrected chi connectivity index (χ2v) is 8.05. The average Bonchev–Trinajstić information content (AvgIpc) is 3.32. The summed E-state index contributed by atoms with van der Waals surface area (Å²) in [6.45, 7) is 0. The van der Waals surface area contributed by atoms with Gasteiger partial charge in [0.05, 0.1) is 32.8 Å². The molecule has 0 saturated heterocycles. The number of carbonyl (C=O) groups excluding carboxylic acids is 1. The molecule has 0 spiro atoms. The van der Waals surface area contributed by atoms with Crippen LogP contribution in [0.3, 0.4) is 0 Å². The van der Waals surface area contributed by atoms with Crippen LogP contribution in [0.2, 0.25) is 0 Å². The van der Waals surface area contributed by atoms with E-state index < -0.39 is 0 Å². The number of aromatic nitrogens is 3. The Kier molecular flexibility index (Phi) is 7.34. The topological polar surface area (TPSA) is 87.5 Å². The zero-order valence-corrected chi connectivity index (χ0v) is 19.8. The normalized spacial score (nSPS) is 10.6. The van der Waals surface area contributed by atoms with E-state index in [4.69, 9.17) is 14.2 Å². The molecule has 3 aromatic carbocycles. The van der Waals surface area contributed by atoms with E-state index in [1.165, 1.54) is 11.8 Å². The number of thioether (sulfide) groups is 1. The van der Waals surface area contributed by atoms with E-state index in [9.17, 15) is 4.79 Å². The van der Waals surface area contributed by atoms with Crippen molar-refractivity contribution in [1.82, 2.24) is 14.8 Å². The second-order valence-electron chi connectivity index (χ2n) is 7.11. The number of ether oxygens (including phenoxy) is 3. The van der Waals surface area contributed by atoms with Gasteiger partial charge >= 0.3 is 0 Å². The Hall–Kier alpha value is -3.98. The SMILES string of the molecule is COc1cccc(-c2nnc(SCC(=O)Nc3cc(OC)ccc3OC)n2-c2ccccc2)c1. The third-order valence-electron chi connectivity index (χ3n) is 4.99. The minimum absolute atomic E-state index is 0.128. The summed E-state index contributed by atoms with van der Waals surface area (Å²) in [4.78, 5) is 12.8. The smallest absolute Gasteiger partial charge is 0.234 e. The van der Waals surface area contributed by atoms with Gasteiger partial charge in [-0.3, -0.25) is 9.36 Å². The molecule has 8 nitrogen and oxygen atoms in total. The molecule has 0 atom stereocenters. The number of nitrogens with zero attached hydrogens (tertiary/aromatic N) is 3. The Balaban J connectivity index is 1.59. The van der Waals surface area contributed by atoms with Crippen LogP contribution in [0, 0.1) is 0 Å². The first kappa shape index (κ1) is 23.2. The maximum atomic E-state index is 12.8. The zero-order valence-electron chi connectivity index (χ0n) is 19.0. The Morgan fingerprint density at radius 3 is 2.38 bits per heavy atom. The van der Waals surface area contributed by atoms with Crippen molar-refractivity contribution in [2.45, 2.75) is 5.16 Å². The van der Waals surface area contributed by atoms with Gasteiger partial charge in [-0.15, -0.1) is 10.2 Å². The minimum atomic E-state index is -0.206. The Morgan fingerprint density at radius 2 is 1.65 bits per heavy atom. The van der Waals surface area contributed by atoms with E-state index in [1.54, 1.807) is 39.5 Å². The maximum Gasteiger partial charge on any atom is 0.234 e. The summed E-state index contributed by atoms with van der Waals surface area (Å²) in [6, 6.07) is 22.6. The first-order valence-electron chi connectivity index (χ1n) is 10.4. The summed E-state index contributed by atoms with van der Waals surface area (Å²) < 4.78 is 17.9. The highest BCUT2D eigenvalue weighted by molar-refractivity contribution is 7.99. The van der Waals surface area contributed by atoms with Crippen molar-refractivity contribution in [2.24, 2.45) is 0 Å². The van der Waals surface area contributed by atoms with Crippen molar-refractivity contribution < 1.29 is 19.0 Å². The summed E-state index contributed by atoms with van der Waals surface area (Å²) in [7, 11) is 4.74. The minimum Gasteiger partial charge on any atom is -0.497 e. The number of hydrogen-bond acceptors (Lipinski definition) is 7. The Bertz CT molecular complexity index is 1280. The van der Waals surface area contributed by atoms with Crippen molar-refractivity contribution in [3.63, 3.8) is 0 Å². The molecule has 1 amide bonds. The molecule has 34 heavy (non-hydrogen) atoms. The predicted molar refractivity (Wildman–Crippen MR) is 132 cm³/mol. The lowest BCUT2D eigenvalue weighted by Crippen LogP contribution is -2.15. The summed E-state index contributed by atoms with van der Waals surface area (Å²) in [5.74, 6) is 2.47. The summed E-state index contributed by atoms with van der Waals surface area (Å²) >= 11 is 1.29. The zero-order chi connectivity index (χ0) is 23.9. The van der Waals surface area contributed by atoms with Crippen LogP contribution < -0.4 is 19.5 Å². The van der Waals surface area contributed by atoms with Crippen LogP contribution in [0.1, 0.15) is 0 Å². The predicted octanol–water partition coefficient (Wildman–Crippen LogP) is 4.69. The van der Waals surface area contributed by atoms with Gasteiger partial charge in [0.15, 0.2) is 11.0 Å². The molecule has 4 aromatic rings. The quantitative estimate of drug-likeness (QED) is 0.351. The fourth-order valence-corrected chi connectivity index (χ4v) is 4.10. The first-order valence-corrected chi connectivity index (χ1v) is 11.4. The van der Waals surface area contributed by atoms with Crippen LogP contribution in [0.4, 0.5) is 5.69 Å². The van der Waals surface area contributed by atoms with Crippen LogP contribution in [0.15, 0.2) is 78.0 Å². The number of nitrogens with one attached hydrogen (secondary N) is 1. The van der Waals surface area contributed by atoms with Crippen molar-refractivity contribution in [1.29, 1.82) is 0 Å². The third kappa shape index (κ3) is 5.15. The largest absolute Gasteiger partial charge is 0.497 e. The molecule has 174 valence electrons. The molecule has 0 aliphatic rings. The van der Waals surface area contributed by atoms with Crippen molar-refractivity contribution >= 4 is 23.4 Å². The summed E-state index contributed by atoms with van der Waals surface area (Å²) in [5.41, 5.74) is 2.28. The number of para-hydroxylation sites is 1. The number of amides is 1. The number of benzene rings is 3. The van der Waals surface area contributed by atoms with E-state index in [2.05, 4.69) is 15.5 Å². The van der Waals surface area contributed by atoms with Gasteiger partial charge in [0.2, 0.25) is 5.91 Å². The highest BCUT2D eigenvalue weighted by atomic mass is 32.2. The van der Waals surface area contributed by atoms with Crippen molar-refractivity contribution in [3.05, 3.63) is 72.8 Å². The Morgan fingerprint density at radius 1 is 0.882 bits per heavy atom. The lowest BCUT2D eigenvalue weighted by Gasteiger charge is -2.12. The van der Waals surface area contributed by atoms with E-state index in [0.717, 1.165) is 17.0 Å². The fourth-order valence-electron chi connectivity index (χ4n) is 3.35. The number of carbonyl (C=O) groups is 1. The van der Waals surface area contributed by atoms with Gasteiger partial charge in [0.25, 0.3) is 0 Å². The molecule has 0 unspecified atom stereocenters. The van der Waals surface area contributed by atoms with Gasteiger partial charge in [-0.25, -0.2) is 0 Å². The van der Waals surface area contributed by atoms with Gasteiger partial charge in [-0.05, 0) is 36.4 Å². The molecule has 0 fully saturated rings. The molecule has 0 radical (unpaired) electrons. The van der Waals surface area contributed by atoms with Crippen LogP contribution in [0.25, 0.3) is 17.1 Å². The lowest BCUT2D eigenvalue weighted by atomic mass is 10.2. The van der Waals surface area contributed by atoms with Crippen LogP contribution in [0.5, 0.6) is 17.2 Å². The van der Waals surface area contributed by atoms with Gasteiger partial charge in [0.1, 0.15) is 17.2 Å². The van der Waals surface area contributed by atoms with Crippen LogP contribution >= 0.6 is 11.8 Å². The second kappa shape index (κ2) is 10.8. The van der Waals surface area contributed by atoms with Gasteiger partial charge < -0.3 is 19.5 Å². The number of rotatable bonds is 9. The highest BCUT2D eigenvalue weighted by Gasteiger charge is 2.18. The van der Waals surface area contributed by atoms with Crippen LogP contribution in [-0.2, 0) is 4.79 Å². The maximum absolute atomic E-state index is 12.8. The molecule has 1 N–H and O–H groups in total. The molecule has 0 bridgehead atoms. The molecule has 0 aliphatic heterocycles. The summed E-state index contributed by atoms with van der Waals surface area (Å²) in [6.07, 6.45) is 0. The first-order chi connectivity index (χ1) is 16.6. The molecule has 1 aromatic heterocycles. The van der Waals surface area contributed by atoms with Gasteiger partial charge in [-0.1, -0.05) is 42.1 Å². The monoisotopic (exact) mass is 476 g/mol. The molecular formula is C25H24N4O4S. The molecule has 1 heterocycles. The van der Waals surface area contributed by atoms with Gasteiger partial charge in [0, 0.05) is 17.3 Å². The lowest BCUT2D eigenvalue weighted by molar-refractivity contribution is -0.113. The molecule has 0 saturated carbocycles. The van der Waals surface area contributed by atoms with Crippen LogP contribution in [-0.4, -0.2) is 47.8 Å². The number of hydrogen-bond donors (Lipinski definition) is 1. The molecule has 0 aliphatic carbocycles. The third-order valence-corrected chi connectivity index (χ3v) is 5.92. The Labute approximate surface area is 201 Å². The molecular weight excluding hydrogens is 452 g/mol. The van der Waals surface area contributed by atoms with Crippen molar-refractivity contribution in [3.8, 4) is 34.3 Å². The van der Waals surface area contributed by atoms with Gasteiger partial charge in [-0.2, -0.15) is 0 Å². The molecule has 4 rings (SSSR count). The van der Waals surface area contributed by atoms with E-state index in [1.807, 2.05) is 59.2 Å². The fraction of sp³-hybridized carbons (Fsp3) is 0.160. The number of methoxy groups -OCH3 is 3. The van der Waals surface area contributed by atoms with E-state index in [-0.39, 0.29) is 11.7 Å². The highest BCUT2D eigenvalue weighted by Crippen LogP contribution is 2.31. The number of anilines is 1. The van der Waals surface area contributed by atoms with E-state index in [0.29, 0.717) is 28.2 Å².